The number of carboxylic acids is 1. The molecule has 1 N–H and O–H groups in total. The molecule has 0 heterocycles. The molecule has 1 aromatic carbocycles. The van der Waals surface area contributed by atoms with Gasteiger partial charge in [-0.15, -0.1) is 0 Å². The summed E-state index contributed by atoms with van der Waals surface area (Å²) in [5.41, 5.74) is -0.509. The highest BCUT2D eigenvalue weighted by Crippen LogP contribution is 2.25. The molecule has 0 atom stereocenters. The fraction of sp³-hybridized carbons (Fsp3) is 0.462. The van der Waals surface area contributed by atoms with Crippen LogP contribution in [-0.2, 0) is 4.79 Å². The van der Waals surface area contributed by atoms with E-state index in [9.17, 15) is 4.79 Å². The van der Waals surface area contributed by atoms with E-state index in [0.717, 1.165) is 5.75 Å². The fourth-order valence-corrected chi connectivity index (χ4v) is 1.44. The standard InChI is InChI=1S/C13H18O4/c1-13(2,8-7-12(14)15)17-11-6-4-5-10(9-11)16-3/h4-6,9H,7-8H2,1-3H3,(H,14,15). The molecular weight excluding hydrogens is 220 g/mol. The number of hydrogen-bond acceptors (Lipinski definition) is 3. The third-order valence-electron chi connectivity index (χ3n) is 2.38. The van der Waals surface area contributed by atoms with Gasteiger partial charge < -0.3 is 14.6 Å². The molecule has 4 nitrogen and oxygen atoms in total. The highest BCUT2D eigenvalue weighted by molar-refractivity contribution is 5.66. The monoisotopic (exact) mass is 238 g/mol. The highest BCUT2D eigenvalue weighted by Gasteiger charge is 2.21. The van der Waals surface area contributed by atoms with Gasteiger partial charge in [0.1, 0.15) is 17.1 Å². The zero-order valence-corrected chi connectivity index (χ0v) is 10.4. The van der Waals surface area contributed by atoms with Gasteiger partial charge in [0.2, 0.25) is 0 Å². The summed E-state index contributed by atoms with van der Waals surface area (Å²) in [4.78, 5) is 10.5. The van der Waals surface area contributed by atoms with Gasteiger partial charge >= 0.3 is 5.97 Å². The van der Waals surface area contributed by atoms with E-state index in [0.29, 0.717) is 12.2 Å². The van der Waals surface area contributed by atoms with Gasteiger partial charge in [-0.25, -0.2) is 0 Å². The molecule has 94 valence electrons. The van der Waals surface area contributed by atoms with E-state index in [-0.39, 0.29) is 6.42 Å². The van der Waals surface area contributed by atoms with Crippen LogP contribution >= 0.6 is 0 Å². The van der Waals surface area contributed by atoms with Crippen molar-refractivity contribution in [2.75, 3.05) is 7.11 Å². The highest BCUT2D eigenvalue weighted by atomic mass is 16.5. The van der Waals surface area contributed by atoms with Crippen LogP contribution in [0.25, 0.3) is 0 Å². The van der Waals surface area contributed by atoms with Crippen LogP contribution in [0.15, 0.2) is 24.3 Å². The summed E-state index contributed by atoms with van der Waals surface area (Å²) >= 11 is 0. The Morgan fingerprint density at radius 3 is 2.59 bits per heavy atom. The average Bonchev–Trinajstić information content (AvgIpc) is 2.26. The molecular formula is C13H18O4. The van der Waals surface area contributed by atoms with E-state index < -0.39 is 11.6 Å². The molecule has 0 unspecified atom stereocenters. The van der Waals surface area contributed by atoms with E-state index in [4.69, 9.17) is 14.6 Å². The molecule has 0 radical (unpaired) electrons. The van der Waals surface area contributed by atoms with Gasteiger partial charge in [-0.05, 0) is 32.4 Å². The molecule has 17 heavy (non-hydrogen) atoms. The zero-order valence-electron chi connectivity index (χ0n) is 10.4. The van der Waals surface area contributed by atoms with Crippen molar-refractivity contribution in [2.24, 2.45) is 0 Å². The zero-order chi connectivity index (χ0) is 12.9. The minimum absolute atomic E-state index is 0.0942. The van der Waals surface area contributed by atoms with Gasteiger partial charge in [0, 0.05) is 12.5 Å². The summed E-state index contributed by atoms with van der Waals surface area (Å²) in [7, 11) is 1.59. The third kappa shape index (κ3) is 4.76. The lowest BCUT2D eigenvalue weighted by Crippen LogP contribution is -2.29. The van der Waals surface area contributed by atoms with Crippen LogP contribution in [0.4, 0.5) is 0 Å². The van der Waals surface area contributed by atoms with Crippen LogP contribution in [0.1, 0.15) is 26.7 Å². The number of benzene rings is 1. The van der Waals surface area contributed by atoms with Crippen molar-refractivity contribution in [3.8, 4) is 11.5 Å². The topological polar surface area (TPSA) is 55.8 Å². The molecule has 0 spiro atoms. The van der Waals surface area contributed by atoms with Gasteiger partial charge in [-0.1, -0.05) is 6.07 Å². The maximum Gasteiger partial charge on any atom is 0.303 e. The normalized spacial score (nSPS) is 11.0. The second-order valence-electron chi connectivity index (χ2n) is 4.43. The van der Waals surface area contributed by atoms with Gasteiger partial charge in [0.05, 0.1) is 7.11 Å². The number of hydrogen-bond donors (Lipinski definition) is 1. The van der Waals surface area contributed by atoms with Crippen molar-refractivity contribution in [3.05, 3.63) is 24.3 Å². The number of rotatable bonds is 6. The molecule has 0 aliphatic rings. The van der Waals surface area contributed by atoms with Gasteiger partial charge in [-0.2, -0.15) is 0 Å². The smallest absolute Gasteiger partial charge is 0.303 e. The maximum absolute atomic E-state index is 10.5. The lowest BCUT2D eigenvalue weighted by Gasteiger charge is -2.26. The van der Waals surface area contributed by atoms with Crippen LogP contribution in [0.2, 0.25) is 0 Å². The van der Waals surface area contributed by atoms with Gasteiger partial charge in [0.15, 0.2) is 0 Å². The van der Waals surface area contributed by atoms with Crippen molar-refractivity contribution in [2.45, 2.75) is 32.3 Å². The first-order valence-corrected chi connectivity index (χ1v) is 5.48. The number of carbonyl (C=O) groups is 1. The minimum Gasteiger partial charge on any atom is -0.497 e. The Balaban J connectivity index is 2.64. The maximum atomic E-state index is 10.5. The Hall–Kier alpha value is -1.71. The van der Waals surface area contributed by atoms with Crippen molar-refractivity contribution in [1.82, 2.24) is 0 Å². The van der Waals surface area contributed by atoms with Crippen molar-refractivity contribution >= 4 is 5.97 Å². The number of methoxy groups -OCH3 is 1. The van der Waals surface area contributed by atoms with Gasteiger partial charge in [0.25, 0.3) is 0 Å². The van der Waals surface area contributed by atoms with Crippen LogP contribution in [0.3, 0.4) is 0 Å². The summed E-state index contributed by atoms with van der Waals surface area (Å²) in [6.07, 6.45) is 0.552. The molecule has 1 rings (SSSR count). The first-order valence-electron chi connectivity index (χ1n) is 5.48. The van der Waals surface area contributed by atoms with Crippen LogP contribution < -0.4 is 9.47 Å². The Morgan fingerprint density at radius 1 is 1.35 bits per heavy atom. The van der Waals surface area contributed by atoms with Crippen molar-refractivity contribution < 1.29 is 19.4 Å². The SMILES string of the molecule is COc1cccc(OC(C)(C)CCC(=O)O)c1. The van der Waals surface area contributed by atoms with Gasteiger partial charge in [-0.3, -0.25) is 4.79 Å². The Labute approximate surface area is 101 Å². The molecule has 0 amide bonds. The largest absolute Gasteiger partial charge is 0.497 e. The molecule has 0 aromatic heterocycles. The number of carboxylic acid groups (broad SMARTS) is 1. The fourth-order valence-electron chi connectivity index (χ4n) is 1.44. The van der Waals surface area contributed by atoms with Crippen LogP contribution in [-0.4, -0.2) is 23.8 Å². The van der Waals surface area contributed by atoms with Crippen LogP contribution in [0.5, 0.6) is 11.5 Å². The Morgan fingerprint density at radius 2 is 2.00 bits per heavy atom. The molecule has 0 fully saturated rings. The van der Waals surface area contributed by atoms with E-state index in [1.165, 1.54) is 0 Å². The average molecular weight is 238 g/mol. The predicted molar refractivity (Wildman–Crippen MR) is 64.6 cm³/mol. The minimum atomic E-state index is -0.813. The van der Waals surface area contributed by atoms with Crippen molar-refractivity contribution in [1.29, 1.82) is 0 Å². The Kier molecular flexibility index (Phi) is 4.37. The summed E-state index contributed by atoms with van der Waals surface area (Å²) in [5.74, 6) is 0.587. The van der Waals surface area contributed by atoms with E-state index >= 15 is 0 Å². The molecule has 0 aliphatic carbocycles. The Bertz CT molecular complexity index is 385. The lowest BCUT2D eigenvalue weighted by molar-refractivity contribution is -0.138. The predicted octanol–water partition coefficient (Wildman–Crippen LogP) is 2.72. The molecule has 0 aliphatic heterocycles. The first-order chi connectivity index (χ1) is 7.93. The summed E-state index contributed by atoms with van der Waals surface area (Å²) < 4.78 is 10.8. The summed E-state index contributed by atoms with van der Waals surface area (Å²) in [5, 5.41) is 8.65. The molecule has 4 heteroatoms. The van der Waals surface area contributed by atoms with E-state index in [2.05, 4.69) is 0 Å². The van der Waals surface area contributed by atoms with Crippen LogP contribution in [0, 0.1) is 0 Å². The second kappa shape index (κ2) is 5.57. The van der Waals surface area contributed by atoms with E-state index in [1.54, 1.807) is 13.2 Å². The molecule has 0 bridgehead atoms. The summed E-state index contributed by atoms with van der Waals surface area (Å²) in [6.45, 7) is 3.74. The van der Waals surface area contributed by atoms with Crippen molar-refractivity contribution in [3.63, 3.8) is 0 Å². The number of aliphatic carboxylic acids is 1. The third-order valence-corrected chi connectivity index (χ3v) is 2.38. The van der Waals surface area contributed by atoms with E-state index in [1.807, 2.05) is 32.0 Å². The quantitative estimate of drug-likeness (QED) is 0.827. The molecule has 0 saturated carbocycles. The molecule has 1 aromatic rings. The number of ether oxygens (including phenoxy) is 2. The summed E-state index contributed by atoms with van der Waals surface area (Å²) in [6, 6.07) is 7.27. The second-order valence-corrected chi connectivity index (χ2v) is 4.43. The lowest BCUT2D eigenvalue weighted by atomic mass is 10.0. The first kappa shape index (κ1) is 13.4. The molecule has 0 saturated heterocycles.